The van der Waals surface area contributed by atoms with Gasteiger partial charge in [0.1, 0.15) is 0 Å². The molecule has 1 aromatic carbocycles. The molecule has 5 nitrogen and oxygen atoms in total. The Kier molecular flexibility index (Phi) is 6.23. The van der Waals surface area contributed by atoms with Crippen LogP contribution in [0, 0.1) is 0 Å². The highest BCUT2D eigenvalue weighted by atomic mass is 127. The first-order valence-corrected chi connectivity index (χ1v) is 8.25. The van der Waals surface area contributed by atoms with Gasteiger partial charge >= 0.3 is 0 Å². The largest absolute Gasteiger partial charge is 0.354 e. The number of aliphatic imine (C=N–C) groups is 1. The molecule has 0 saturated carbocycles. The highest BCUT2D eigenvalue weighted by molar-refractivity contribution is 14.0. The molecule has 0 aliphatic carbocycles. The predicted molar refractivity (Wildman–Crippen MR) is 110 cm³/mol. The Morgan fingerprint density at radius 1 is 1.39 bits per heavy atom. The van der Waals surface area contributed by atoms with Crippen molar-refractivity contribution < 1.29 is 0 Å². The summed E-state index contributed by atoms with van der Waals surface area (Å²) in [6, 6.07) is 8.51. The molecule has 124 valence electrons. The topological polar surface area (TPSA) is 43.8 Å². The molecule has 0 unspecified atom stereocenters. The Bertz CT molecular complexity index is 683. The molecule has 2 aromatic rings. The van der Waals surface area contributed by atoms with Gasteiger partial charge in [-0.3, -0.25) is 4.99 Å². The van der Waals surface area contributed by atoms with Crippen LogP contribution < -0.4 is 15.1 Å². The summed E-state index contributed by atoms with van der Waals surface area (Å²) in [6.07, 6.45) is 1.07. The lowest BCUT2D eigenvalue weighted by Crippen LogP contribution is -2.40. The molecule has 23 heavy (non-hydrogen) atoms. The first-order valence-electron chi connectivity index (χ1n) is 7.37. The Labute approximate surface area is 158 Å². The van der Waals surface area contributed by atoms with Crippen molar-refractivity contribution in [1.82, 2.24) is 10.3 Å². The van der Waals surface area contributed by atoms with E-state index < -0.39 is 0 Å². The van der Waals surface area contributed by atoms with E-state index in [1.165, 1.54) is 11.3 Å². The van der Waals surface area contributed by atoms with Gasteiger partial charge in [-0.1, -0.05) is 18.2 Å². The van der Waals surface area contributed by atoms with Crippen molar-refractivity contribution in [2.45, 2.75) is 13.0 Å². The van der Waals surface area contributed by atoms with E-state index in [2.05, 4.69) is 49.8 Å². The number of halogens is 1. The third-order valence-corrected chi connectivity index (χ3v) is 4.76. The second-order valence-corrected chi connectivity index (χ2v) is 6.28. The van der Waals surface area contributed by atoms with Gasteiger partial charge in [-0.05, 0) is 18.1 Å². The van der Waals surface area contributed by atoms with E-state index in [0.29, 0.717) is 6.54 Å². The molecule has 7 heteroatoms. The number of thiazole rings is 1. The quantitative estimate of drug-likeness (QED) is 0.450. The number of hydrogen-bond donors (Lipinski definition) is 1. The maximum atomic E-state index is 4.60. The monoisotopic (exact) mass is 443 g/mol. The lowest BCUT2D eigenvalue weighted by atomic mass is 10.2. The summed E-state index contributed by atoms with van der Waals surface area (Å²) < 4.78 is 0. The SMILES string of the molecule is CN=C(NCc1csc(N(C)C)n1)N1CCc2ccccc21.I. The van der Waals surface area contributed by atoms with Crippen LogP contribution in [-0.2, 0) is 13.0 Å². The van der Waals surface area contributed by atoms with Crippen molar-refractivity contribution in [2.75, 3.05) is 37.5 Å². The molecule has 0 bridgehead atoms. The first kappa shape index (κ1) is 18.0. The van der Waals surface area contributed by atoms with Crippen molar-refractivity contribution >= 4 is 52.1 Å². The molecule has 0 fully saturated rings. The van der Waals surface area contributed by atoms with Crippen LogP contribution in [0.1, 0.15) is 11.3 Å². The molecule has 1 aliphatic heterocycles. The Hall–Kier alpha value is -1.35. The van der Waals surface area contributed by atoms with Gasteiger partial charge in [-0.15, -0.1) is 35.3 Å². The molecular formula is C16H22IN5S. The van der Waals surface area contributed by atoms with Crippen molar-refractivity contribution in [3.63, 3.8) is 0 Å². The van der Waals surface area contributed by atoms with E-state index in [0.717, 1.165) is 29.8 Å². The Balaban J connectivity index is 0.00000192. The van der Waals surface area contributed by atoms with Crippen LogP contribution in [0.3, 0.4) is 0 Å². The normalized spacial score (nSPS) is 13.5. The summed E-state index contributed by atoms with van der Waals surface area (Å²) in [5.74, 6) is 0.907. The van der Waals surface area contributed by atoms with E-state index in [1.807, 2.05) is 26.0 Å². The molecule has 0 spiro atoms. The van der Waals surface area contributed by atoms with Gasteiger partial charge in [-0.2, -0.15) is 0 Å². The minimum absolute atomic E-state index is 0. The highest BCUT2D eigenvalue weighted by Crippen LogP contribution is 2.27. The summed E-state index contributed by atoms with van der Waals surface area (Å²) in [7, 11) is 5.85. The van der Waals surface area contributed by atoms with Crippen LogP contribution in [0.5, 0.6) is 0 Å². The molecular weight excluding hydrogens is 421 g/mol. The predicted octanol–water partition coefficient (Wildman–Crippen LogP) is 2.97. The van der Waals surface area contributed by atoms with Gasteiger partial charge in [0, 0.05) is 38.8 Å². The van der Waals surface area contributed by atoms with Gasteiger partial charge in [0.2, 0.25) is 0 Å². The summed E-state index contributed by atoms with van der Waals surface area (Å²) in [4.78, 5) is 13.3. The van der Waals surface area contributed by atoms with E-state index in [1.54, 1.807) is 11.3 Å². The number of rotatable bonds is 3. The second kappa shape index (κ2) is 7.96. The second-order valence-electron chi connectivity index (χ2n) is 5.45. The first-order chi connectivity index (χ1) is 10.7. The number of fused-ring (bicyclic) bond motifs is 1. The maximum absolute atomic E-state index is 4.60. The maximum Gasteiger partial charge on any atom is 0.198 e. The highest BCUT2D eigenvalue weighted by Gasteiger charge is 2.22. The third kappa shape index (κ3) is 3.95. The zero-order chi connectivity index (χ0) is 15.5. The molecule has 0 amide bonds. The molecule has 2 heterocycles. The number of aromatic nitrogens is 1. The number of guanidine groups is 1. The fourth-order valence-electron chi connectivity index (χ4n) is 2.61. The summed E-state index contributed by atoms with van der Waals surface area (Å²) >= 11 is 1.66. The molecule has 0 atom stereocenters. The number of nitrogens with one attached hydrogen (secondary N) is 1. The Morgan fingerprint density at radius 2 is 2.17 bits per heavy atom. The minimum Gasteiger partial charge on any atom is -0.354 e. The smallest absolute Gasteiger partial charge is 0.198 e. The van der Waals surface area contributed by atoms with Gasteiger partial charge < -0.3 is 15.1 Å². The Morgan fingerprint density at radius 3 is 2.87 bits per heavy atom. The van der Waals surface area contributed by atoms with Crippen LogP contribution in [0.15, 0.2) is 34.6 Å². The van der Waals surface area contributed by atoms with Crippen molar-refractivity contribution in [1.29, 1.82) is 0 Å². The van der Waals surface area contributed by atoms with E-state index in [-0.39, 0.29) is 24.0 Å². The average molecular weight is 443 g/mol. The van der Waals surface area contributed by atoms with Gasteiger partial charge in [0.05, 0.1) is 12.2 Å². The van der Waals surface area contributed by atoms with Crippen LogP contribution in [-0.4, -0.2) is 38.6 Å². The molecule has 3 rings (SSSR count). The molecule has 1 N–H and O–H groups in total. The van der Waals surface area contributed by atoms with Gasteiger partial charge in [0.25, 0.3) is 0 Å². The number of hydrogen-bond acceptors (Lipinski definition) is 4. The number of anilines is 2. The van der Waals surface area contributed by atoms with Crippen LogP contribution >= 0.6 is 35.3 Å². The number of para-hydroxylation sites is 1. The van der Waals surface area contributed by atoms with Crippen molar-refractivity contribution in [3.05, 3.63) is 40.9 Å². The molecule has 0 saturated heterocycles. The molecule has 0 radical (unpaired) electrons. The number of nitrogens with zero attached hydrogens (tertiary/aromatic N) is 4. The lowest BCUT2D eigenvalue weighted by Gasteiger charge is -2.22. The average Bonchev–Trinajstić information content (AvgIpc) is 3.15. The van der Waals surface area contributed by atoms with E-state index in [4.69, 9.17) is 0 Å². The van der Waals surface area contributed by atoms with Crippen LogP contribution in [0.2, 0.25) is 0 Å². The standard InChI is InChI=1S/C16H21N5S.HI/c1-17-15(18-10-13-11-22-16(19-13)20(2)3)21-9-8-12-6-4-5-7-14(12)21;/h4-7,11H,8-10H2,1-3H3,(H,17,18);1H. The fourth-order valence-corrected chi connectivity index (χ4v) is 3.36. The van der Waals surface area contributed by atoms with E-state index >= 15 is 0 Å². The van der Waals surface area contributed by atoms with Gasteiger partial charge in [0.15, 0.2) is 11.1 Å². The van der Waals surface area contributed by atoms with E-state index in [9.17, 15) is 0 Å². The van der Waals surface area contributed by atoms with Crippen molar-refractivity contribution in [2.24, 2.45) is 4.99 Å². The van der Waals surface area contributed by atoms with Crippen LogP contribution in [0.4, 0.5) is 10.8 Å². The van der Waals surface area contributed by atoms with Gasteiger partial charge in [-0.25, -0.2) is 4.98 Å². The fraction of sp³-hybridized carbons (Fsp3) is 0.375. The lowest BCUT2D eigenvalue weighted by molar-refractivity contribution is 0.845. The molecule has 1 aromatic heterocycles. The zero-order valence-electron chi connectivity index (χ0n) is 13.6. The molecule has 1 aliphatic rings. The number of benzene rings is 1. The summed E-state index contributed by atoms with van der Waals surface area (Å²) in [5.41, 5.74) is 3.68. The van der Waals surface area contributed by atoms with Crippen molar-refractivity contribution in [3.8, 4) is 0 Å². The van der Waals surface area contributed by atoms with Crippen LogP contribution in [0.25, 0.3) is 0 Å². The zero-order valence-corrected chi connectivity index (χ0v) is 16.8. The summed E-state index contributed by atoms with van der Waals surface area (Å²) in [6.45, 7) is 1.66. The summed E-state index contributed by atoms with van der Waals surface area (Å²) in [5, 5.41) is 6.54. The minimum atomic E-state index is 0. The third-order valence-electron chi connectivity index (χ3n) is 3.70.